The highest BCUT2D eigenvalue weighted by atomic mass is 16.6. The Balaban J connectivity index is 2.63. The molecule has 0 aromatic heterocycles. The minimum Gasteiger partial charge on any atom is -0.459 e. The third-order valence-corrected chi connectivity index (χ3v) is 3.35. The molecule has 1 rings (SSSR count). The molecule has 2 atom stereocenters. The maximum absolute atomic E-state index is 12.4. The van der Waals surface area contributed by atoms with Gasteiger partial charge in [-0.1, -0.05) is 30.3 Å². The number of ether oxygens (including phenoxy) is 2. The second-order valence-corrected chi connectivity index (χ2v) is 7.19. The molecule has 0 bridgehead atoms. The summed E-state index contributed by atoms with van der Waals surface area (Å²) in [6.07, 6.45) is -1.33. The van der Waals surface area contributed by atoms with E-state index in [1.807, 2.05) is 18.2 Å². The first-order chi connectivity index (χ1) is 13.0. The summed E-state index contributed by atoms with van der Waals surface area (Å²) in [6, 6.07) is 6.78. The highest BCUT2D eigenvalue weighted by Gasteiger charge is 2.28. The SMILES string of the molecule is C[C@H](NC(=O)[C@H](CC(N)=O)NC(=O)OC(C)(C)C)C(=O)OCc1ccccc1. The fourth-order valence-corrected chi connectivity index (χ4v) is 2.09. The molecule has 0 unspecified atom stereocenters. The number of primary amides is 1. The average Bonchev–Trinajstić information content (AvgIpc) is 2.57. The van der Waals surface area contributed by atoms with Crippen LogP contribution in [0, 0.1) is 0 Å². The van der Waals surface area contributed by atoms with Crippen molar-refractivity contribution in [3.63, 3.8) is 0 Å². The lowest BCUT2D eigenvalue weighted by Gasteiger charge is -2.23. The Kier molecular flexibility index (Phi) is 8.43. The molecular formula is C19H27N3O6. The maximum atomic E-state index is 12.4. The van der Waals surface area contributed by atoms with E-state index in [9.17, 15) is 19.2 Å². The summed E-state index contributed by atoms with van der Waals surface area (Å²) in [7, 11) is 0. The van der Waals surface area contributed by atoms with Gasteiger partial charge in [-0.25, -0.2) is 9.59 Å². The molecule has 1 aromatic carbocycles. The van der Waals surface area contributed by atoms with Crippen molar-refractivity contribution < 1.29 is 28.7 Å². The standard InChI is InChI=1S/C19H27N3O6/c1-12(17(25)27-11-13-8-6-5-7-9-13)21-16(24)14(10-15(20)23)22-18(26)28-19(2,3)4/h5-9,12,14H,10-11H2,1-4H3,(H2,20,23)(H,21,24)(H,22,26)/t12-,14-/m0/s1. The van der Waals surface area contributed by atoms with Crippen molar-refractivity contribution in [1.29, 1.82) is 0 Å². The van der Waals surface area contributed by atoms with Crippen LogP contribution in [-0.2, 0) is 30.5 Å². The Bertz CT molecular complexity index is 699. The van der Waals surface area contributed by atoms with Gasteiger partial charge in [0.2, 0.25) is 11.8 Å². The van der Waals surface area contributed by atoms with Gasteiger partial charge in [-0.3, -0.25) is 9.59 Å². The Morgan fingerprint density at radius 1 is 1.07 bits per heavy atom. The zero-order valence-electron chi connectivity index (χ0n) is 16.5. The molecule has 154 valence electrons. The van der Waals surface area contributed by atoms with Gasteiger partial charge >= 0.3 is 12.1 Å². The number of rotatable bonds is 8. The van der Waals surface area contributed by atoms with Crippen LogP contribution in [0.1, 0.15) is 39.7 Å². The van der Waals surface area contributed by atoms with E-state index >= 15 is 0 Å². The van der Waals surface area contributed by atoms with Gasteiger partial charge in [0.1, 0.15) is 24.3 Å². The van der Waals surface area contributed by atoms with E-state index in [1.54, 1.807) is 32.9 Å². The molecule has 3 amide bonds. The molecule has 0 aliphatic rings. The quantitative estimate of drug-likeness (QED) is 0.564. The summed E-state index contributed by atoms with van der Waals surface area (Å²) in [4.78, 5) is 47.5. The van der Waals surface area contributed by atoms with Crippen LogP contribution in [0.25, 0.3) is 0 Å². The van der Waals surface area contributed by atoms with Crippen molar-refractivity contribution in [3.05, 3.63) is 35.9 Å². The highest BCUT2D eigenvalue weighted by molar-refractivity contribution is 5.92. The van der Waals surface area contributed by atoms with E-state index < -0.39 is 48.0 Å². The number of esters is 1. The van der Waals surface area contributed by atoms with Crippen molar-refractivity contribution >= 4 is 23.9 Å². The Morgan fingerprint density at radius 3 is 2.21 bits per heavy atom. The average molecular weight is 393 g/mol. The topological polar surface area (TPSA) is 137 Å². The van der Waals surface area contributed by atoms with Crippen molar-refractivity contribution in [2.45, 2.75) is 58.4 Å². The predicted molar refractivity (Wildman–Crippen MR) is 101 cm³/mol. The molecule has 1 aromatic rings. The zero-order chi connectivity index (χ0) is 21.3. The fraction of sp³-hybridized carbons (Fsp3) is 0.474. The lowest BCUT2D eigenvalue weighted by Crippen LogP contribution is -2.53. The van der Waals surface area contributed by atoms with Crippen LogP contribution in [0.5, 0.6) is 0 Å². The lowest BCUT2D eigenvalue weighted by atomic mass is 10.1. The lowest BCUT2D eigenvalue weighted by molar-refractivity contribution is -0.148. The third kappa shape index (κ3) is 9.02. The molecule has 0 saturated carbocycles. The molecule has 28 heavy (non-hydrogen) atoms. The van der Waals surface area contributed by atoms with Crippen LogP contribution in [0.4, 0.5) is 4.79 Å². The number of nitrogens with two attached hydrogens (primary N) is 1. The summed E-state index contributed by atoms with van der Waals surface area (Å²) >= 11 is 0. The van der Waals surface area contributed by atoms with Crippen LogP contribution >= 0.6 is 0 Å². The molecule has 0 heterocycles. The van der Waals surface area contributed by atoms with Gasteiger partial charge in [0, 0.05) is 0 Å². The van der Waals surface area contributed by atoms with Crippen LogP contribution in [-0.4, -0.2) is 41.6 Å². The number of hydrogen-bond donors (Lipinski definition) is 3. The Hall–Kier alpha value is -3.10. The monoisotopic (exact) mass is 393 g/mol. The third-order valence-electron chi connectivity index (χ3n) is 3.35. The van der Waals surface area contributed by atoms with Gasteiger partial charge in [-0.15, -0.1) is 0 Å². The molecule has 0 saturated heterocycles. The van der Waals surface area contributed by atoms with Crippen molar-refractivity contribution in [2.24, 2.45) is 5.73 Å². The number of carbonyl (C=O) groups is 4. The maximum Gasteiger partial charge on any atom is 0.408 e. The number of alkyl carbamates (subject to hydrolysis) is 1. The highest BCUT2D eigenvalue weighted by Crippen LogP contribution is 2.07. The Labute approximate surface area is 163 Å². The molecule has 9 heteroatoms. The van der Waals surface area contributed by atoms with Crippen LogP contribution in [0.3, 0.4) is 0 Å². The normalized spacial score (nSPS) is 13.0. The molecular weight excluding hydrogens is 366 g/mol. The number of carbonyl (C=O) groups excluding carboxylic acids is 4. The first-order valence-corrected chi connectivity index (χ1v) is 8.76. The summed E-state index contributed by atoms with van der Waals surface area (Å²) in [5.41, 5.74) is 5.15. The van der Waals surface area contributed by atoms with Crippen LogP contribution < -0.4 is 16.4 Å². The smallest absolute Gasteiger partial charge is 0.408 e. The summed E-state index contributed by atoms with van der Waals surface area (Å²) in [6.45, 7) is 6.45. The van der Waals surface area contributed by atoms with Crippen molar-refractivity contribution in [3.8, 4) is 0 Å². The summed E-state index contributed by atoms with van der Waals surface area (Å²) in [5.74, 6) is -2.21. The number of benzene rings is 1. The largest absolute Gasteiger partial charge is 0.459 e. The van der Waals surface area contributed by atoms with Crippen LogP contribution in [0.15, 0.2) is 30.3 Å². The van der Waals surface area contributed by atoms with Crippen molar-refractivity contribution in [1.82, 2.24) is 10.6 Å². The van der Waals surface area contributed by atoms with E-state index in [4.69, 9.17) is 15.2 Å². The fourth-order valence-electron chi connectivity index (χ4n) is 2.09. The predicted octanol–water partition coefficient (Wildman–Crippen LogP) is 1.00. The molecule has 0 fully saturated rings. The zero-order valence-corrected chi connectivity index (χ0v) is 16.5. The van der Waals surface area contributed by atoms with E-state index in [1.165, 1.54) is 6.92 Å². The van der Waals surface area contributed by atoms with Crippen LogP contribution in [0.2, 0.25) is 0 Å². The minimum absolute atomic E-state index is 0.0563. The first-order valence-electron chi connectivity index (χ1n) is 8.76. The molecule has 0 radical (unpaired) electrons. The molecule has 0 aliphatic carbocycles. The summed E-state index contributed by atoms with van der Waals surface area (Å²) < 4.78 is 10.2. The van der Waals surface area contributed by atoms with Gasteiger partial charge in [0.25, 0.3) is 0 Å². The number of nitrogens with one attached hydrogen (secondary N) is 2. The Morgan fingerprint density at radius 2 is 1.68 bits per heavy atom. The first kappa shape index (κ1) is 22.9. The second kappa shape index (κ2) is 10.3. The van der Waals surface area contributed by atoms with Gasteiger partial charge < -0.3 is 25.8 Å². The van der Waals surface area contributed by atoms with Gasteiger partial charge in [-0.05, 0) is 33.3 Å². The molecule has 0 aliphatic heterocycles. The van der Waals surface area contributed by atoms with Gasteiger partial charge in [0.05, 0.1) is 6.42 Å². The van der Waals surface area contributed by atoms with Gasteiger partial charge in [0.15, 0.2) is 0 Å². The molecule has 0 spiro atoms. The molecule has 4 N–H and O–H groups in total. The van der Waals surface area contributed by atoms with Gasteiger partial charge in [-0.2, -0.15) is 0 Å². The number of hydrogen-bond acceptors (Lipinski definition) is 6. The minimum atomic E-state index is -1.28. The second-order valence-electron chi connectivity index (χ2n) is 7.19. The summed E-state index contributed by atoms with van der Waals surface area (Å²) in [5, 5.41) is 4.68. The van der Waals surface area contributed by atoms with E-state index in [0.29, 0.717) is 0 Å². The van der Waals surface area contributed by atoms with E-state index in [0.717, 1.165) is 5.56 Å². The van der Waals surface area contributed by atoms with Crippen molar-refractivity contribution in [2.75, 3.05) is 0 Å². The molecule has 9 nitrogen and oxygen atoms in total. The van der Waals surface area contributed by atoms with E-state index in [2.05, 4.69) is 10.6 Å². The number of amides is 3. The van der Waals surface area contributed by atoms with E-state index in [-0.39, 0.29) is 6.61 Å².